The molecule has 16 heavy (non-hydrogen) atoms. The fraction of sp³-hybridized carbons (Fsp3) is 0.917. The van der Waals surface area contributed by atoms with Crippen LogP contribution in [-0.2, 0) is 4.79 Å². The lowest BCUT2D eigenvalue weighted by Gasteiger charge is -2.15. The van der Waals surface area contributed by atoms with Crippen LogP contribution in [0.5, 0.6) is 0 Å². The Hall–Kier alpha value is -0.610. The predicted octanol–water partition coefficient (Wildman–Crippen LogP) is 0.585. The molecule has 4 nitrogen and oxygen atoms in total. The largest absolute Gasteiger partial charge is 0.354 e. The van der Waals surface area contributed by atoms with Crippen molar-refractivity contribution in [2.45, 2.75) is 45.2 Å². The van der Waals surface area contributed by atoms with E-state index in [2.05, 4.69) is 22.6 Å². The molecular formula is C12H25N3O. The van der Waals surface area contributed by atoms with Gasteiger partial charge in [0, 0.05) is 38.1 Å². The highest BCUT2D eigenvalue weighted by molar-refractivity contribution is 5.76. The van der Waals surface area contributed by atoms with Crippen LogP contribution in [0.15, 0.2) is 0 Å². The maximum absolute atomic E-state index is 11.3. The van der Waals surface area contributed by atoms with E-state index in [1.165, 1.54) is 12.8 Å². The smallest absolute Gasteiger partial charge is 0.221 e. The highest BCUT2D eigenvalue weighted by atomic mass is 16.1. The normalized spacial score (nSPS) is 15.8. The number of hydrogen-bond donors (Lipinski definition) is 2. The first-order valence-corrected chi connectivity index (χ1v) is 6.30. The molecule has 1 amide bonds. The molecule has 0 aromatic carbocycles. The molecule has 0 aromatic heterocycles. The van der Waals surface area contributed by atoms with Gasteiger partial charge in [0.2, 0.25) is 5.91 Å². The van der Waals surface area contributed by atoms with Crippen LogP contribution in [0.25, 0.3) is 0 Å². The zero-order chi connectivity index (χ0) is 12.0. The molecule has 0 aliphatic heterocycles. The number of nitrogens with zero attached hydrogens (tertiary/aromatic N) is 1. The topological polar surface area (TPSA) is 44.4 Å². The van der Waals surface area contributed by atoms with E-state index in [0.29, 0.717) is 6.42 Å². The van der Waals surface area contributed by atoms with E-state index in [1.54, 1.807) is 0 Å². The predicted molar refractivity (Wildman–Crippen MR) is 66.4 cm³/mol. The van der Waals surface area contributed by atoms with Gasteiger partial charge in [0.05, 0.1) is 0 Å². The third-order valence-corrected chi connectivity index (χ3v) is 2.79. The average molecular weight is 227 g/mol. The molecule has 2 N–H and O–H groups in total. The van der Waals surface area contributed by atoms with Gasteiger partial charge in [-0.25, -0.2) is 0 Å². The lowest BCUT2D eigenvalue weighted by atomic mass is 10.3. The molecule has 0 saturated heterocycles. The summed E-state index contributed by atoms with van der Waals surface area (Å²) in [7, 11) is 2.17. The summed E-state index contributed by atoms with van der Waals surface area (Å²) in [4.78, 5) is 13.7. The van der Waals surface area contributed by atoms with Crippen LogP contribution in [-0.4, -0.2) is 49.6 Å². The van der Waals surface area contributed by atoms with Gasteiger partial charge in [0.1, 0.15) is 0 Å². The van der Waals surface area contributed by atoms with Gasteiger partial charge in [-0.3, -0.25) is 4.79 Å². The molecule has 4 heteroatoms. The van der Waals surface area contributed by atoms with E-state index in [4.69, 9.17) is 0 Å². The van der Waals surface area contributed by atoms with E-state index in [-0.39, 0.29) is 11.9 Å². The van der Waals surface area contributed by atoms with Gasteiger partial charge < -0.3 is 15.5 Å². The molecule has 0 bridgehead atoms. The highest BCUT2D eigenvalue weighted by Gasteiger charge is 2.25. The Morgan fingerprint density at radius 2 is 2.06 bits per heavy atom. The van der Waals surface area contributed by atoms with Crippen LogP contribution in [0.2, 0.25) is 0 Å². The van der Waals surface area contributed by atoms with Crippen molar-refractivity contribution < 1.29 is 4.79 Å². The summed E-state index contributed by atoms with van der Waals surface area (Å²) in [5.41, 5.74) is 0. The van der Waals surface area contributed by atoms with E-state index in [1.807, 2.05) is 13.8 Å². The van der Waals surface area contributed by atoms with E-state index >= 15 is 0 Å². The maximum Gasteiger partial charge on any atom is 0.221 e. The van der Waals surface area contributed by atoms with Gasteiger partial charge in [-0.05, 0) is 33.7 Å². The van der Waals surface area contributed by atoms with Crippen molar-refractivity contribution in [3.05, 3.63) is 0 Å². The lowest BCUT2D eigenvalue weighted by molar-refractivity contribution is -0.121. The second kappa shape index (κ2) is 6.86. The number of rotatable bonds is 8. The summed E-state index contributed by atoms with van der Waals surface area (Å²) in [5, 5.41) is 6.18. The summed E-state index contributed by atoms with van der Waals surface area (Å²) in [6.07, 6.45) is 3.28. The van der Waals surface area contributed by atoms with Gasteiger partial charge >= 0.3 is 0 Å². The standard InChI is InChI=1S/C12H25N3O/c1-10(2)14-12(16)6-7-13-8-9-15(3)11-4-5-11/h10-11,13H,4-9H2,1-3H3,(H,14,16). The van der Waals surface area contributed by atoms with E-state index in [9.17, 15) is 4.79 Å². The monoisotopic (exact) mass is 227 g/mol. The Bertz CT molecular complexity index is 214. The molecule has 94 valence electrons. The Morgan fingerprint density at radius 1 is 1.38 bits per heavy atom. The van der Waals surface area contributed by atoms with Crippen molar-refractivity contribution in [3.8, 4) is 0 Å². The molecule has 0 heterocycles. The summed E-state index contributed by atoms with van der Waals surface area (Å²) in [6.45, 7) is 6.79. The van der Waals surface area contributed by atoms with Gasteiger partial charge in [0.25, 0.3) is 0 Å². The third kappa shape index (κ3) is 6.08. The highest BCUT2D eigenvalue weighted by Crippen LogP contribution is 2.24. The number of hydrogen-bond acceptors (Lipinski definition) is 3. The lowest BCUT2D eigenvalue weighted by Crippen LogP contribution is -2.35. The van der Waals surface area contributed by atoms with Gasteiger partial charge in [0.15, 0.2) is 0 Å². The van der Waals surface area contributed by atoms with Crippen LogP contribution >= 0.6 is 0 Å². The first-order valence-electron chi connectivity index (χ1n) is 6.30. The van der Waals surface area contributed by atoms with Crippen LogP contribution in [0.3, 0.4) is 0 Å². The number of nitrogens with one attached hydrogen (secondary N) is 2. The first-order chi connectivity index (χ1) is 7.59. The van der Waals surface area contributed by atoms with E-state index < -0.39 is 0 Å². The number of carbonyl (C=O) groups excluding carboxylic acids is 1. The Kier molecular flexibility index (Phi) is 5.77. The number of likely N-dealkylation sites (N-methyl/N-ethyl adjacent to an activating group) is 1. The van der Waals surface area contributed by atoms with Crippen LogP contribution < -0.4 is 10.6 Å². The first kappa shape index (κ1) is 13.5. The molecule has 0 unspecified atom stereocenters. The van der Waals surface area contributed by atoms with Crippen molar-refractivity contribution in [1.29, 1.82) is 0 Å². The van der Waals surface area contributed by atoms with Gasteiger partial charge in [-0.2, -0.15) is 0 Å². The fourth-order valence-electron chi connectivity index (χ4n) is 1.67. The molecule has 0 radical (unpaired) electrons. The second-order valence-corrected chi connectivity index (χ2v) is 4.93. The van der Waals surface area contributed by atoms with Crippen LogP contribution in [0, 0.1) is 0 Å². The minimum Gasteiger partial charge on any atom is -0.354 e. The second-order valence-electron chi connectivity index (χ2n) is 4.93. The quantitative estimate of drug-likeness (QED) is 0.596. The van der Waals surface area contributed by atoms with Crippen molar-refractivity contribution in [2.75, 3.05) is 26.7 Å². The molecule has 1 fully saturated rings. The molecule has 0 aromatic rings. The fourth-order valence-corrected chi connectivity index (χ4v) is 1.67. The summed E-state index contributed by atoms with van der Waals surface area (Å²) in [6, 6.07) is 1.07. The average Bonchev–Trinajstić information content (AvgIpc) is 2.98. The molecular weight excluding hydrogens is 202 g/mol. The zero-order valence-electron chi connectivity index (χ0n) is 10.8. The summed E-state index contributed by atoms with van der Waals surface area (Å²) in [5.74, 6) is 0.137. The van der Waals surface area contributed by atoms with Gasteiger partial charge in [-0.15, -0.1) is 0 Å². The van der Waals surface area contributed by atoms with Gasteiger partial charge in [-0.1, -0.05) is 0 Å². The molecule has 1 rings (SSSR count). The van der Waals surface area contributed by atoms with Crippen LogP contribution in [0.1, 0.15) is 33.1 Å². The summed E-state index contributed by atoms with van der Waals surface area (Å²) < 4.78 is 0. The van der Waals surface area contributed by atoms with E-state index in [0.717, 1.165) is 25.7 Å². The Morgan fingerprint density at radius 3 is 2.62 bits per heavy atom. The Balaban J connectivity index is 1.89. The molecule has 1 aliphatic carbocycles. The minimum absolute atomic E-state index is 0.137. The molecule has 1 aliphatic rings. The zero-order valence-corrected chi connectivity index (χ0v) is 10.8. The number of carbonyl (C=O) groups is 1. The van der Waals surface area contributed by atoms with Crippen LogP contribution in [0.4, 0.5) is 0 Å². The third-order valence-electron chi connectivity index (χ3n) is 2.79. The molecule has 1 saturated carbocycles. The maximum atomic E-state index is 11.3. The SMILES string of the molecule is CC(C)NC(=O)CCNCCN(C)C1CC1. The molecule has 0 spiro atoms. The van der Waals surface area contributed by atoms with Crippen molar-refractivity contribution in [1.82, 2.24) is 15.5 Å². The van der Waals surface area contributed by atoms with Crippen molar-refractivity contribution in [2.24, 2.45) is 0 Å². The minimum atomic E-state index is 0.137. The molecule has 0 atom stereocenters. The summed E-state index contributed by atoms with van der Waals surface area (Å²) >= 11 is 0. The van der Waals surface area contributed by atoms with Crippen molar-refractivity contribution in [3.63, 3.8) is 0 Å². The van der Waals surface area contributed by atoms with Crippen molar-refractivity contribution >= 4 is 5.91 Å². The Labute approximate surface area is 98.8 Å². The number of amides is 1.